The highest BCUT2D eigenvalue weighted by Gasteiger charge is 2.54. The molecule has 4 fully saturated rings. The van der Waals surface area contributed by atoms with Crippen molar-refractivity contribution in [2.45, 2.75) is 95.9 Å². The van der Waals surface area contributed by atoms with Crippen LogP contribution in [0, 0.1) is 17.8 Å². The van der Waals surface area contributed by atoms with Gasteiger partial charge in [0, 0.05) is 43.7 Å². The molecule has 0 radical (unpaired) electrons. The number of carboxylic acids is 1. The predicted molar refractivity (Wildman–Crippen MR) is 119 cm³/mol. The van der Waals surface area contributed by atoms with E-state index >= 15 is 0 Å². The molecule has 4 rings (SSSR count). The van der Waals surface area contributed by atoms with E-state index in [0.29, 0.717) is 19.0 Å². The monoisotopic (exact) mass is 449 g/mol. The van der Waals surface area contributed by atoms with Crippen LogP contribution in [-0.4, -0.2) is 76.2 Å². The maximum Gasteiger partial charge on any atom is 0.407 e. The maximum atomic E-state index is 12.8. The Hall–Kier alpha value is -1.83. The molecule has 0 bridgehead atoms. The van der Waals surface area contributed by atoms with E-state index in [4.69, 9.17) is 4.74 Å². The summed E-state index contributed by atoms with van der Waals surface area (Å²) in [5.41, 5.74) is -0.566. The van der Waals surface area contributed by atoms with Gasteiger partial charge >= 0.3 is 12.1 Å². The molecule has 8 heteroatoms. The van der Waals surface area contributed by atoms with Crippen LogP contribution in [-0.2, 0) is 14.3 Å². The molecule has 0 aromatic rings. The van der Waals surface area contributed by atoms with Gasteiger partial charge in [-0.25, -0.2) is 4.79 Å². The molecule has 0 spiro atoms. The molecule has 2 saturated heterocycles. The number of carbonyl (C=O) groups excluding carboxylic acids is 2. The van der Waals surface area contributed by atoms with E-state index in [1.165, 1.54) is 6.42 Å². The molecule has 2 saturated carbocycles. The predicted octanol–water partition coefficient (Wildman–Crippen LogP) is 2.86. The normalized spacial score (nSPS) is 30.1. The fraction of sp³-hybridized carbons (Fsp3) is 0.875. The molecular weight excluding hydrogens is 410 g/mol. The van der Waals surface area contributed by atoms with Gasteiger partial charge in [0.05, 0.1) is 5.92 Å². The van der Waals surface area contributed by atoms with Crippen molar-refractivity contribution in [3.8, 4) is 0 Å². The van der Waals surface area contributed by atoms with Gasteiger partial charge in [0.15, 0.2) is 0 Å². The Morgan fingerprint density at radius 1 is 1.06 bits per heavy atom. The van der Waals surface area contributed by atoms with Gasteiger partial charge in [-0.2, -0.15) is 0 Å². The zero-order valence-corrected chi connectivity index (χ0v) is 19.7. The van der Waals surface area contributed by atoms with Crippen LogP contribution in [0.4, 0.5) is 4.79 Å². The summed E-state index contributed by atoms with van der Waals surface area (Å²) in [5, 5.41) is 13.1. The molecule has 0 aromatic heterocycles. The number of rotatable bonds is 6. The second-order valence-corrected chi connectivity index (χ2v) is 11.2. The van der Waals surface area contributed by atoms with Gasteiger partial charge in [0.2, 0.25) is 5.91 Å². The van der Waals surface area contributed by atoms with E-state index in [0.717, 1.165) is 51.5 Å². The maximum absolute atomic E-state index is 12.8. The number of carboxylic acid groups (broad SMARTS) is 1. The van der Waals surface area contributed by atoms with E-state index in [2.05, 4.69) is 10.2 Å². The Balaban J connectivity index is 1.48. The van der Waals surface area contributed by atoms with Crippen molar-refractivity contribution in [1.82, 2.24) is 15.1 Å². The fourth-order valence-corrected chi connectivity index (χ4v) is 6.00. The van der Waals surface area contributed by atoms with Crippen molar-refractivity contribution >= 4 is 18.0 Å². The van der Waals surface area contributed by atoms with Gasteiger partial charge in [-0.15, -0.1) is 0 Å². The van der Waals surface area contributed by atoms with Crippen molar-refractivity contribution in [2.24, 2.45) is 17.8 Å². The quantitative estimate of drug-likeness (QED) is 0.647. The second kappa shape index (κ2) is 9.20. The van der Waals surface area contributed by atoms with E-state index in [-0.39, 0.29) is 30.0 Å². The standard InChI is InChI=1S/C24H39N3O5/c1-24(2,3)32-23(31)25-18(15-7-5-4-6-8-15)14-26-12-11-19-20(26)17(22(29)30)13-27(19)21(28)16-9-10-16/h15-20H,4-14H2,1-3H3,(H,25,31)(H,29,30). The molecule has 4 unspecified atom stereocenters. The number of hydrogen-bond donors (Lipinski definition) is 2. The molecule has 2 heterocycles. The van der Waals surface area contributed by atoms with E-state index in [1.807, 2.05) is 25.7 Å². The van der Waals surface area contributed by atoms with Gasteiger partial charge in [-0.05, 0) is 58.8 Å². The number of alkyl carbamates (subject to hydrolysis) is 1. The smallest absolute Gasteiger partial charge is 0.407 e. The number of fused-ring (bicyclic) bond motifs is 1. The molecule has 2 N–H and O–H groups in total. The van der Waals surface area contributed by atoms with E-state index in [1.54, 1.807) is 0 Å². The lowest BCUT2D eigenvalue weighted by molar-refractivity contribution is -0.143. The van der Waals surface area contributed by atoms with Crippen LogP contribution in [0.3, 0.4) is 0 Å². The Bertz CT molecular complexity index is 726. The highest BCUT2D eigenvalue weighted by atomic mass is 16.6. The van der Waals surface area contributed by atoms with Crippen molar-refractivity contribution < 1.29 is 24.2 Å². The zero-order chi connectivity index (χ0) is 23.0. The molecule has 2 aliphatic carbocycles. The number of likely N-dealkylation sites (tertiary alicyclic amines) is 2. The lowest BCUT2D eigenvalue weighted by atomic mass is 9.83. The summed E-state index contributed by atoms with van der Waals surface area (Å²) in [4.78, 5) is 41.6. The molecule has 0 aromatic carbocycles. The third-order valence-electron chi connectivity index (χ3n) is 7.61. The summed E-state index contributed by atoms with van der Waals surface area (Å²) in [6, 6.07) is -0.286. The van der Waals surface area contributed by atoms with Crippen LogP contribution in [0.5, 0.6) is 0 Å². The fourth-order valence-electron chi connectivity index (χ4n) is 6.00. The first-order chi connectivity index (χ1) is 15.1. The first kappa shape index (κ1) is 23.3. The van der Waals surface area contributed by atoms with E-state index < -0.39 is 23.6 Å². The summed E-state index contributed by atoms with van der Waals surface area (Å²) in [6.07, 6.45) is 7.93. The molecule has 4 atom stereocenters. The molecule has 4 aliphatic rings. The minimum atomic E-state index is -0.827. The Morgan fingerprint density at radius 2 is 1.75 bits per heavy atom. The third kappa shape index (κ3) is 5.21. The van der Waals surface area contributed by atoms with Crippen molar-refractivity contribution in [2.75, 3.05) is 19.6 Å². The molecule has 2 aliphatic heterocycles. The van der Waals surface area contributed by atoms with Crippen LogP contribution in [0.25, 0.3) is 0 Å². The second-order valence-electron chi connectivity index (χ2n) is 11.2. The summed E-state index contributed by atoms with van der Waals surface area (Å²) in [5.74, 6) is -0.794. The van der Waals surface area contributed by atoms with Gasteiger partial charge in [0.25, 0.3) is 0 Å². The topological polar surface area (TPSA) is 99.2 Å². The Labute approximate surface area is 191 Å². The zero-order valence-electron chi connectivity index (χ0n) is 19.7. The highest BCUT2D eigenvalue weighted by molar-refractivity contribution is 5.83. The Kier molecular flexibility index (Phi) is 6.71. The minimum absolute atomic E-state index is 0.0299. The first-order valence-corrected chi connectivity index (χ1v) is 12.4. The molecule has 32 heavy (non-hydrogen) atoms. The third-order valence-corrected chi connectivity index (χ3v) is 7.61. The SMILES string of the molecule is CC(C)(C)OC(=O)NC(CN1CCC2C1C(C(=O)O)CN2C(=O)C1CC1)C1CCCCC1. The van der Waals surface area contributed by atoms with Crippen molar-refractivity contribution in [3.05, 3.63) is 0 Å². The summed E-state index contributed by atoms with van der Waals surface area (Å²) in [7, 11) is 0. The van der Waals surface area contributed by atoms with Crippen LogP contribution >= 0.6 is 0 Å². The Morgan fingerprint density at radius 3 is 2.34 bits per heavy atom. The van der Waals surface area contributed by atoms with Crippen LogP contribution < -0.4 is 5.32 Å². The average Bonchev–Trinajstić information content (AvgIpc) is 3.38. The number of nitrogens with one attached hydrogen (secondary N) is 1. The number of ether oxygens (including phenoxy) is 1. The van der Waals surface area contributed by atoms with Crippen molar-refractivity contribution in [1.29, 1.82) is 0 Å². The lowest BCUT2D eigenvalue weighted by Crippen LogP contribution is -2.52. The van der Waals surface area contributed by atoms with Gasteiger partial charge in [-0.3, -0.25) is 14.5 Å². The lowest BCUT2D eigenvalue weighted by Gasteiger charge is -2.36. The average molecular weight is 450 g/mol. The van der Waals surface area contributed by atoms with Crippen LogP contribution in [0.2, 0.25) is 0 Å². The number of nitrogens with zero attached hydrogens (tertiary/aromatic N) is 2. The van der Waals surface area contributed by atoms with E-state index in [9.17, 15) is 19.5 Å². The minimum Gasteiger partial charge on any atom is -0.481 e. The number of carbonyl (C=O) groups is 3. The van der Waals surface area contributed by atoms with Gasteiger partial charge in [-0.1, -0.05) is 19.3 Å². The van der Waals surface area contributed by atoms with Crippen LogP contribution in [0.15, 0.2) is 0 Å². The van der Waals surface area contributed by atoms with Gasteiger partial charge in [0.1, 0.15) is 5.60 Å². The molecule has 180 valence electrons. The number of amides is 2. The first-order valence-electron chi connectivity index (χ1n) is 12.4. The summed E-state index contributed by atoms with van der Waals surface area (Å²) >= 11 is 0. The summed E-state index contributed by atoms with van der Waals surface area (Å²) < 4.78 is 5.54. The molecular formula is C24H39N3O5. The molecule has 8 nitrogen and oxygen atoms in total. The number of aliphatic carboxylic acids is 1. The largest absolute Gasteiger partial charge is 0.481 e. The van der Waals surface area contributed by atoms with Gasteiger partial charge < -0.3 is 20.1 Å². The highest BCUT2D eigenvalue weighted by Crippen LogP contribution is 2.41. The summed E-state index contributed by atoms with van der Waals surface area (Å²) in [6.45, 7) is 7.25. The number of hydrogen-bond acceptors (Lipinski definition) is 5. The van der Waals surface area contributed by atoms with Crippen molar-refractivity contribution in [3.63, 3.8) is 0 Å². The molecule has 2 amide bonds. The van der Waals surface area contributed by atoms with Crippen LogP contribution in [0.1, 0.15) is 72.1 Å².